The van der Waals surface area contributed by atoms with Crippen molar-refractivity contribution in [2.45, 2.75) is 0 Å². The van der Waals surface area contributed by atoms with Gasteiger partial charge in [0.2, 0.25) is 0 Å². The van der Waals surface area contributed by atoms with Crippen LogP contribution in [-0.4, -0.2) is 24.9 Å². The molecule has 4 aromatic heterocycles. The minimum Gasteiger partial charge on any atom is -0.456 e. The van der Waals surface area contributed by atoms with E-state index in [-0.39, 0.29) is 0 Å². The van der Waals surface area contributed by atoms with E-state index in [1.165, 1.54) is 0 Å². The molecule has 0 N–H and O–H groups in total. The van der Waals surface area contributed by atoms with Crippen molar-refractivity contribution in [3.05, 3.63) is 128 Å². The summed E-state index contributed by atoms with van der Waals surface area (Å²) in [5.74, 6) is 1.82. The Labute approximate surface area is 235 Å². The van der Waals surface area contributed by atoms with Crippen LogP contribution in [0.25, 0.3) is 78.4 Å². The third kappa shape index (κ3) is 4.10. The lowest BCUT2D eigenvalue weighted by molar-refractivity contribution is 0.668. The summed E-state index contributed by atoms with van der Waals surface area (Å²) in [4.78, 5) is 24.2. The van der Waals surface area contributed by atoms with Crippen LogP contribution in [0.5, 0.6) is 0 Å². The first kappa shape index (κ1) is 23.2. The van der Waals surface area contributed by atoms with Gasteiger partial charge in [0.15, 0.2) is 17.5 Å². The van der Waals surface area contributed by atoms with Crippen LogP contribution in [0, 0.1) is 0 Å². The molecule has 41 heavy (non-hydrogen) atoms. The Morgan fingerprint density at radius 3 is 1.88 bits per heavy atom. The minimum absolute atomic E-state index is 0.578. The predicted molar refractivity (Wildman–Crippen MR) is 162 cm³/mol. The van der Waals surface area contributed by atoms with Crippen LogP contribution in [0.15, 0.2) is 132 Å². The second-order valence-corrected chi connectivity index (χ2v) is 9.77. The molecule has 0 bridgehead atoms. The average Bonchev–Trinajstić information content (AvgIpc) is 3.43. The maximum Gasteiger partial charge on any atom is 0.164 e. The molecule has 0 saturated carbocycles. The molecule has 6 nitrogen and oxygen atoms in total. The number of hydrogen-bond donors (Lipinski definition) is 0. The molecule has 0 amide bonds. The van der Waals surface area contributed by atoms with E-state index in [0.29, 0.717) is 17.5 Å². The normalized spacial score (nSPS) is 11.4. The summed E-state index contributed by atoms with van der Waals surface area (Å²) in [5, 5.41) is 2.98. The van der Waals surface area contributed by atoms with Gasteiger partial charge in [0.1, 0.15) is 16.9 Å². The number of aromatic nitrogens is 5. The van der Waals surface area contributed by atoms with E-state index in [4.69, 9.17) is 29.3 Å². The fraction of sp³-hybridized carbons (Fsp3) is 0. The molecule has 4 aromatic carbocycles. The first-order chi connectivity index (χ1) is 20.3. The standard InChI is InChI=1S/C35H21N5O/c1-3-10-23(11-4-1)33-38-34(24-12-5-2-6-13-24)40-35(39-33)25-15-17-26-30(21-25)41-29-19-20-36-32(31(26)29)28-18-16-22-9-7-8-14-27(22)37-28/h1-21H. The van der Waals surface area contributed by atoms with Crippen molar-refractivity contribution in [2.75, 3.05) is 0 Å². The maximum absolute atomic E-state index is 6.36. The molecule has 0 spiro atoms. The second kappa shape index (κ2) is 9.47. The minimum atomic E-state index is 0.578. The van der Waals surface area contributed by atoms with Crippen LogP contribution in [-0.2, 0) is 0 Å². The smallest absolute Gasteiger partial charge is 0.164 e. The number of benzene rings is 4. The summed E-state index contributed by atoms with van der Waals surface area (Å²) in [7, 11) is 0. The topological polar surface area (TPSA) is 77.6 Å². The van der Waals surface area contributed by atoms with E-state index in [0.717, 1.165) is 60.9 Å². The molecule has 6 heteroatoms. The molecule has 0 unspecified atom stereocenters. The SMILES string of the molecule is c1ccc(-c2nc(-c3ccccc3)nc(-c3ccc4c(c3)oc3ccnc(-c5ccc6ccccc6n5)c34)n2)cc1. The Morgan fingerprint density at radius 2 is 1.15 bits per heavy atom. The summed E-state index contributed by atoms with van der Waals surface area (Å²) in [6, 6.07) is 40.1. The van der Waals surface area contributed by atoms with E-state index >= 15 is 0 Å². The largest absolute Gasteiger partial charge is 0.456 e. The average molecular weight is 528 g/mol. The molecule has 0 aliphatic carbocycles. The number of rotatable bonds is 4. The van der Waals surface area contributed by atoms with Crippen LogP contribution in [0.4, 0.5) is 0 Å². The lowest BCUT2D eigenvalue weighted by Gasteiger charge is -2.08. The van der Waals surface area contributed by atoms with Gasteiger partial charge < -0.3 is 4.42 Å². The van der Waals surface area contributed by atoms with Crippen LogP contribution in [0.1, 0.15) is 0 Å². The van der Waals surface area contributed by atoms with Crippen LogP contribution in [0.3, 0.4) is 0 Å². The highest BCUT2D eigenvalue weighted by atomic mass is 16.3. The Balaban J connectivity index is 1.29. The fourth-order valence-corrected chi connectivity index (χ4v) is 5.19. The highest BCUT2D eigenvalue weighted by Gasteiger charge is 2.17. The zero-order chi connectivity index (χ0) is 27.2. The molecule has 0 fully saturated rings. The molecule has 0 atom stereocenters. The Bertz CT molecular complexity index is 2150. The number of hydrogen-bond acceptors (Lipinski definition) is 6. The molecule has 0 aliphatic heterocycles. The van der Waals surface area contributed by atoms with Gasteiger partial charge in [-0.2, -0.15) is 0 Å². The lowest BCUT2D eigenvalue weighted by atomic mass is 10.1. The summed E-state index contributed by atoms with van der Waals surface area (Å²) in [6.45, 7) is 0. The van der Waals surface area contributed by atoms with Gasteiger partial charge in [-0.1, -0.05) is 91.0 Å². The van der Waals surface area contributed by atoms with Gasteiger partial charge in [-0.3, -0.25) is 4.98 Å². The van der Waals surface area contributed by atoms with Gasteiger partial charge in [-0.05, 0) is 30.3 Å². The quantitative estimate of drug-likeness (QED) is 0.229. The third-order valence-electron chi connectivity index (χ3n) is 7.18. The highest BCUT2D eigenvalue weighted by Crippen LogP contribution is 2.37. The van der Waals surface area contributed by atoms with Gasteiger partial charge >= 0.3 is 0 Å². The van der Waals surface area contributed by atoms with E-state index in [9.17, 15) is 0 Å². The molecule has 192 valence electrons. The second-order valence-electron chi connectivity index (χ2n) is 9.77. The van der Waals surface area contributed by atoms with Gasteiger partial charge in [0.05, 0.1) is 16.6 Å². The summed E-state index contributed by atoms with van der Waals surface area (Å²) in [6.07, 6.45) is 1.77. The predicted octanol–water partition coefficient (Wildman–Crippen LogP) is 8.38. The molecule has 8 aromatic rings. The van der Waals surface area contributed by atoms with Gasteiger partial charge in [-0.25, -0.2) is 19.9 Å². The van der Waals surface area contributed by atoms with Gasteiger partial charge in [0, 0.05) is 33.7 Å². The van der Waals surface area contributed by atoms with Gasteiger partial charge in [0.25, 0.3) is 0 Å². The lowest BCUT2D eigenvalue weighted by Crippen LogP contribution is -2.00. The fourth-order valence-electron chi connectivity index (χ4n) is 5.19. The van der Waals surface area contributed by atoms with Crippen molar-refractivity contribution in [1.82, 2.24) is 24.9 Å². The van der Waals surface area contributed by atoms with Crippen molar-refractivity contribution < 1.29 is 4.42 Å². The van der Waals surface area contributed by atoms with Crippen LogP contribution < -0.4 is 0 Å². The molecular formula is C35H21N5O. The summed E-state index contributed by atoms with van der Waals surface area (Å²) >= 11 is 0. The molecule has 4 heterocycles. The summed E-state index contributed by atoms with van der Waals surface area (Å²) < 4.78 is 6.36. The first-order valence-electron chi connectivity index (χ1n) is 13.3. The number of furan rings is 1. The summed E-state index contributed by atoms with van der Waals surface area (Å²) in [5.41, 5.74) is 6.70. The Kier molecular flexibility index (Phi) is 5.35. The molecule has 0 aliphatic rings. The van der Waals surface area contributed by atoms with Crippen molar-refractivity contribution in [3.63, 3.8) is 0 Å². The number of nitrogens with zero attached hydrogens (tertiary/aromatic N) is 5. The van der Waals surface area contributed by atoms with Crippen molar-refractivity contribution in [1.29, 1.82) is 0 Å². The van der Waals surface area contributed by atoms with Crippen LogP contribution in [0.2, 0.25) is 0 Å². The van der Waals surface area contributed by atoms with Crippen molar-refractivity contribution in [2.24, 2.45) is 0 Å². The third-order valence-corrected chi connectivity index (χ3v) is 7.18. The highest BCUT2D eigenvalue weighted by molar-refractivity contribution is 6.11. The number of para-hydroxylation sites is 1. The van der Waals surface area contributed by atoms with E-state index in [2.05, 4.69) is 18.2 Å². The zero-order valence-corrected chi connectivity index (χ0v) is 21.8. The van der Waals surface area contributed by atoms with E-state index in [1.54, 1.807) is 6.20 Å². The zero-order valence-electron chi connectivity index (χ0n) is 21.8. The van der Waals surface area contributed by atoms with Crippen molar-refractivity contribution in [3.8, 4) is 45.6 Å². The number of fused-ring (bicyclic) bond motifs is 4. The van der Waals surface area contributed by atoms with Crippen LogP contribution >= 0.6 is 0 Å². The van der Waals surface area contributed by atoms with Crippen molar-refractivity contribution >= 4 is 32.8 Å². The molecule has 8 rings (SSSR count). The monoisotopic (exact) mass is 527 g/mol. The van der Waals surface area contributed by atoms with E-state index in [1.807, 2.05) is 103 Å². The van der Waals surface area contributed by atoms with Gasteiger partial charge in [-0.15, -0.1) is 0 Å². The molecule has 0 radical (unpaired) electrons. The Morgan fingerprint density at radius 1 is 0.488 bits per heavy atom. The maximum atomic E-state index is 6.36. The van der Waals surface area contributed by atoms with E-state index < -0.39 is 0 Å². The molecule has 0 saturated heterocycles. The Hall–Kier alpha value is -5.75. The number of pyridine rings is 2. The first-order valence-corrected chi connectivity index (χ1v) is 13.3. The molecular weight excluding hydrogens is 506 g/mol.